The van der Waals surface area contributed by atoms with Gasteiger partial charge in [-0.3, -0.25) is 9.59 Å². The molecule has 7 nitrogen and oxygen atoms in total. The summed E-state index contributed by atoms with van der Waals surface area (Å²) in [6, 6.07) is 22.3. The quantitative estimate of drug-likeness (QED) is 0.666. The molecule has 168 valence electrons. The van der Waals surface area contributed by atoms with Crippen molar-refractivity contribution in [3.8, 4) is 11.5 Å². The number of hydrogen-bond donors (Lipinski definition) is 1. The van der Waals surface area contributed by atoms with E-state index in [1.807, 2.05) is 59.5 Å². The molecule has 2 aliphatic heterocycles. The van der Waals surface area contributed by atoms with Crippen molar-refractivity contribution in [3.63, 3.8) is 0 Å². The highest BCUT2D eigenvalue weighted by Crippen LogP contribution is 2.32. The Kier molecular flexibility index (Phi) is 5.85. The number of nitrogens with one attached hydrogen (secondary N) is 1. The largest absolute Gasteiger partial charge is 0.486 e. The molecule has 2 amide bonds. The topological polar surface area (TPSA) is 71.1 Å². The second kappa shape index (κ2) is 9.24. The fraction of sp³-hybridized carbons (Fsp3) is 0.231. The Labute approximate surface area is 192 Å². The fourth-order valence-electron chi connectivity index (χ4n) is 4.15. The maximum absolute atomic E-state index is 13.0. The Morgan fingerprint density at radius 2 is 1.42 bits per heavy atom. The van der Waals surface area contributed by atoms with E-state index in [2.05, 4.69) is 10.2 Å². The molecular weight excluding hydrogens is 418 g/mol. The smallest absolute Gasteiger partial charge is 0.255 e. The van der Waals surface area contributed by atoms with Crippen molar-refractivity contribution < 1.29 is 19.1 Å². The molecule has 1 N–H and O–H groups in total. The molecule has 0 unspecified atom stereocenters. The van der Waals surface area contributed by atoms with Gasteiger partial charge in [-0.15, -0.1) is 0 Å². The number of benzene rings is 3. The molecular formula is C26H25N3O4. The third-order valence-corrected chi connectivity index (χ3v) is 5.88. The van der Waals surface area contributed by atoms with Crippen molar-refractivity contribution in [1.29, 1.82) is 0 Å². The van der Waals surface area contributed by atoms with E-state index >= 15 is 0 Å². The number of amides is 2. The standard InChI is InChI=1S/C26H25N3O4/c30-25(20-10-11-23-24(18-20)33-17-16-32-23)27-21-8-4-5-9-22(21)28-12-14-29(15-13-28)26(31)19-6-2-1-3-7-19/h1-11,18H,12-17H2,(H,27,30). The third kappa shape index (κ3) is 4.48. The number of ether oxygens (including phenoxy) is 2. The summed E-state index contributed by atoms with van der Waals surface area (Å²) < 4.78 is 11.1. The Morgan fingerprint density at radius 3 is 2.21 bits per heavy atom. The van der Waals surface area contributed by atoms with Crippen molar-refractivity contribution in [3.05, 3.63) is 83.9 Å². The monoisotopic (exact) mass is 443 g/mol. The number of carbonyl (C=O) groups excluding carboxylic acids is 2. The number of piperazine rings is 1. The van der Waals surface area contributed by atoms with Gasteiger partial charge < -0.3 is 24.6 Å². The average Bonchev–Trinajstić information content (AvgIpc) is 2.89. The van der Waals surface area contributed by atoms with Gasteiger partial charge in [0.2, 0.25) is 0 Å². The Balaban J connectivity index is 1.27. The van der Waals surface area contributed by atoms with E-state index < -0.39 is 0 Å². The Hall–Kier alpha value is -4.00. The van der Waals surface area contributed by atoms with Gasteiger partial charge in [-0.1, -0.05) is 30.3 Å². The number of fused-ring (bicyclic) bond motifs is 1. The van der Waals surface area contributed by atoms with Crippen LogP contribution in [-0.2, 0) is 0 Å². The molecule has 0 aliphatic carbocycles. The molecule has 2 heterocycles. The van der Waals surface area contributed by atoms with Crippen LogP contribution in [0.2, 0.25) is 0 Å². The maximum atomic E-state index is 13.0. The summed E-state index contributed by atoms with van der Waals surface area (Å²) in [5.41, 5.74) is 2.89. The summed E-state index contributed by atoms with van der Waals surface area (Å²) in [7, 11) is 0. The zero-order valence-corrected chi connectivity index (χ0v) is 18.2. The Bertz CT molecular complexity index is 1160. The van der Waals surface area contributed by atoms with Crippen LogP contribution in [0.25, 0.3) is 0 Å². The molecule has 1 saturated heterocycles. The number of nitrogens with zero attached hydrogens (tertiary/aromatic N) is 2. The highest BCUT2D eigenvalue weighted by molar-refractivity contribution is 6.06. The van der Waals surface area contributed by atoms with Crippen LogP contribution in [0.3, 0.4) is 0 Å². The first kappa shape index (κ1) is 20.9. The lowest BCUT2D eigenvalue weighted by atomic mass is 10.1. The van der Waals surface area contributed by atoms with Crippen LogP contribution < -0.4 is 19.7 Å². The van der Waals surface area contributed by atoms with Gasteiger partial charge >= 0.3 is 0 Å². The average molecular weight is 444 g/mol. The number of carbonyl (C=O) groups is 2. The van der Waals surface area contributed by atoms with Crippen LogP contribution in [-0.4, -0.2) is 56.1 Å². The van der Waals surface area contributed by atoms with Gasteiger partial charge in [-0.25, -0.2) is 0 Å². The molecule has 3 aromatic carbocycles. The number of hydrogen-bond acceptors (Lipinski definition) is 5. The van der Waals surface area contributed by atoms with E-state index in [0.717, 1.165) is 11.4 Å². The molecule has 0 radical (unpaired) electrons. The maximum Gasteiger partial charge on any atom is 0.255 e. The zero-order valence-electron chi connectivity index (χ0n) is 18.2. The predicted molar refractivity (Wildman–Crippen MR) is 126 cm³/mol. The summed E-state index contributed by atoms with van der Waals surface area (Å²) >= 11 is 0. The van der Waals surface area contributed by atoms with Gasteiger partial charge in [-0.2, -0.15) is 0 Å². The first-order chi connectivity index (χ1) is 16.2. The van der Waals surface area contributed by atoms with Crippen molar-refractivity contribution >= 4 is 23.2 Å². The van der Waals surface area contributed by atoms with Crippen molar-refractivity contribution in [2.24, 2.45) is 0 Å². The SMILES string of the molecule is O=C(Nc1ccccc1N1CCN(C(=O)c2ccccc2)CC1)c1ccc2c(c1)OCCO2. The minimum Gasteiger partial charge on any atom is -0.486 e. The van der Waals surface area contributed by atoms with Gasteiger partial charge in [0, 0.05) is 37.3 Å². The Morgan fingerprint density at radius 1 is 0.727 bits per heavy atom. The molecule has 0 saturated carbocycles. The molecule has 2 aliphatic rings. The minimum absolute atomic E-state index is 0.0513. The number of rotatable bonds is 4. The molecule has 33 heavy (non-hydrogen) atoms. The highest BCUT2D eigenvalue weighted by Gasteiger charge is 2.24. The van der Waals surface area contributed by atoms with Gasteiger partial charge in [-0.05, 0) is 42.5 Å². The number of anilines is 2. The first-order valence-corrected chi connectivity index (χ1v) is 11.1. The molecule has 0 aromatic heterocycles. The normalized spacial score (nSPS) is 15.2. The van der Waals surface area contributed by atoms with Crippen molar-refractivity contribution in [2.75, 3.05) is 49.6 Å². The molecule has 7 heteroatoms. The molecule has 3 aromatic rings. The van der Waals surface area contributed by atoms with E-state index in [0.29, 0.717) is 62.0 Å². The van der Waals surface area contributed by atoms with Crippen LogP contribution in [0, 0.1) is 0 Å². The summed E-state index contributed by atoms with van der Waals surface area (Å²) in [6.45, 7) is 3.61. The second-order valence-electron chi connectivity index (χ2n) is 7.97. The zero-order chi connectivity index (χ0) is 22.6. The molecule has 1 fully saturated rings. The van der Waals surface area contributed by atoms with E-state index in [1.54, 1.807) is 18.2 Å². The lowest BCUT2D eigenvalue weighted by Gasteiger charge is -2.37. The van der Waals surface area contributed by atoms with E-state index in [9.17, 15) is 9.59 Å². The molecule has 0 spiro atoms. The predicted octanol–water partition coefficient (Wildman–Crippen LogP) is 3.67. The van der Waals surface area contributed by atoms with Crippen LogP contribution in [0.15, 0.2) is 72.8 Å². The van der Waals surface area contributed by atoms with E-state index in [-0.39, 0.29) is 11.8 Å². The van der Waals surface area contributed by atoms with Crippen molar-refractivity contribution in [2.45, 2.75) is 0 Å². The summed E-state index contributed by atoms with van der Waals surface area (Å²) in [4.78, 5) is 29.8. The second-order valence-corrected chi connectivity index (χ2v) is 7.97. The molecule has 5 rings (SSSR count). The van der Waals surface area contributed by atoms with Crippen LogP contribution in [0.5, 0.6) is 11.5 Å². The van der Waals surface area contributed by atoms with Crippen LogP contribution in [0.1, 0.15) is 20.7 Å². The molecule has 0 atom stereocenters. The van der Waals surface area contributed by atoms with Crippen LogP contribution in [0.4, 0.5) is 11.4 Å². The van der Waals surface area contributed by atoms with Gasteiger partial charge in [0.1, 0.15) is 13.2 Å². The molecule has 0 bridgehead atoms. The lowest BCUT2D eigenvalue weighted by Crippen LogP contribution is -2.49. The summed E-state index contributed by atoms with van der Waals surface area (Å²) in [6.07, 6.45) is 0. The van der Waals surface area contributed by atoms with Gasteiger partial charge in [0.15, 0.2) is 11.5 Å². The fourth-order valence-corrected chi connectivity index (χ4v) is 4.15. The lowest BCUT2D eigenvalue weighted by molar-refractivity contribution is 0.0746. The first-order valence-electron chi connectivity index (χ1n) is 11.1. The minimum atomic E-state index is -0.211. The highest BCUT2D eigenvalue weighted by atomic mass is 16.6. The van der Waals surface area contributed by atoms with Crippen LogP contribution >= 0.6 is 0 Å². The summed E-state index contributed by atoms with van der Waals surface area (Å²) in [5.74, 6) is 1.08. The number of para-hydroxylation sites is 2. The van der Waals surface area contributed by atoms with E-state index in [4.69, 9.17) is 9.47 Å². The van der Waals surface area contributed by atoms with Gasteiger partial charge in [0.25, 0.3) is 11.8 Å². The third-order valence-electron chi connectivity index (χ3n) is 5.88. The van der Waals surface area contributed by atoms with Crippen molar-refractivity contribution in [1.82, 2.24) is 4.90 Å². The van der Waals surface area contributed by atoms with Gasteiger partial charge in [0.05, 0.1) is 11.4 Å². The van der Waals surface area contributed by atoms with E-state index in [1.165, 1.54) is 0 Å². The summed E-state index contributed by atoms with van der Waals surface area (Å²) in [5, 5.41) is 3.03.